The van der Waals surface area contributed by atoms with Crippen molar-refractivity contribution in [2.75, 3.05) is 33.3 Å². The molecule has 0 saturated carbocycles. The van der Waals surface area contributed by atoms with E-state index in [0.29, 0.717) is 54.2 Å². The molecule has 0 unspecified atom stereocenters. The molecule has 0 spiro atoms. The van der Waals surface area contributed by atoms with E-state index in [-0.39, 0.29) is 24.2 Å². The molecule has 3 aromatic rings. The number of piperazine rings is 1. The Morgan fingerprint density at radius 1 is 1.12 bits per heavy atom. The average Bonchev–Trinajstić information content (AvgIpc) is 3.34. The van der Waals surface area contributed by atoms with Gasteiger partial charge in [-0.1, -0.05) is 16.8 Å². The third-order valence-corrected chi connectivity index (χ3v) is 6.40. The number of carbonyl (C=O) groups excluding carboxylic acids is 2. The van der Waals surface area contributed by atoms with Crippen molar-refractivity contribution in [3.05, 3.63) is 64.5 Å². The van der Waals surface area contributed by atoms with Gasteiger partial charge in [0.1, 0.15) is 5.75 Å². The SMILES string of the molecule is COc1ccc(C(C)=O)cc1CC(=O)N1CCN([C@H](C)c2nc(-c3ccc(Cl)cc3)no2)CC1. The summed E-state index contributed by atoms with van der Waals surface area (Å²) in [5, 5.41) is 4.75. The van der Waals surface area contributed by atoms with E-state index in [2.05, 4.69) is 15.0 Å². The van der Waals surface area contributed by atoms with E-state index in [4.69, 9.17) is 20.9 Å². The van der Waals surface area contributed by atoms with E-state index in [9.17, 15) is 9.59 Å². The molecule has 0 aliphatic carbocycles. The monoisotopic (exact) mass is 482 g/mol. The zero-order chi connectivity index (χ0) is 24.2. The second-order valence-corrected chi connectivity index (χ2v) is 8.75. The van der Waals surface area contributed by atoms with Crippen LogP contribution in [-0.2, 0) is 11.2 Å². The summed E-state index contributed by atoms with van der Waals surface area (Å²) in [7, 11) is 1.56. The van der Waals surface area contributed by atoms with E-state index < -0.39 is 0 Å². The summed E-state index contributed by atoms with van der Waals surface area (Å²) in [5.41, 5.74) is 2.13. The maximum absolute atomic E-state index is 13.0. The van der Waals surface area contributed by atoms with Crippen LogP contribution in [0, 0.1) is 0 Å². The van der Waals surface area contributed by atoms with Crippen molar-refractivity contribution in [1.82, 2.24) is 19.9 Å². The van der Waals surface area contributed by atoms with Gasteiger partial charge in [-0.15, -0.1) is 0 Å². The first kappa shape index (κ1) is 23.9. The van der Waals surface area contributed by atoms with Gasteiger partial charge < -0.3 is 14.2 Å². The van der Waals surface area contributed by atoms with Crippen LogP contribution in [-0.4, -0.2) is 64.9 Å². The minimum Gasteiger partial charge on any atom is -0.496 e. The topological polar surface area (TPSA) is 88.8 Å². The molecule has 0 radical (unpaired) electrons. The molecule has 1 amide bonds. The first-order valence-electron chi connectivity index (χ1n) is 11.1. The fourth-order valence-corrected chi connectivity index (χ4v) is 4.17. The Labute approximate surface area is 203 Å². The molecule has 1 aliphatic rings. The highest BCUT2D eigenvalue weighted by atomic mass is 35.5. The van der Waals surface area contributed by atoms with E-state index in [1.165, 1.54) is 6.92 Å². The van der Waals surface area contributed by atoms with Gasteiger partial charge in [0.25, 0.3) is 0 Å². The minimum atomic E-state index is -0.0712. The van der Waals surface area contributed by atoms with Crippen LogP contribution in [0.1, 0.15) is 41.7 Å². The van der Waals surface area contributed by atoms with Crippen LogP contribution in [0.15, 0.2) is 47.0 Å². The second kappa shape index (κ2) is 10.4. The van der Waals surface area contributed by atoms with Crippen molar-refractivity contribution in [3.8, 4) is 17.1 Å². The summed E-state index contributed by atoms with van der Waals surface area (Å²) in [6.45, 7) is 6.10. The van der Waals surface area contributed by atoms with Crippen LogP contribution in [0.2, 0.25) is 5.02 Å². The van der Waals surface area contributed by atoms with E-state index in [0.717, 1.165) is 11.1 Å². The summed E-state index contributed by atoms with van der Waals surface area (Å²) in [6, 6.07) is 12.4. The molecule has 1 saturated heterocycles. The highest BCUT2D eigenvalue weighted by Crippen LogP contribution is 2.25. The Morgan fingerprint density at radius 3 is 2.47 bits per heavy atom. The van der Waals surface area contributed by atoms with Crippen LogP contribution in [0.5, 0.6) is 5.75 Å². The molecule has 2 aromatic carbocycles. The van der Waals surface area contributed by atoms with Crippen LogP contribution in [0.3, 0.4) is 0 Å². The fraction of sp³-hybridized carbons (Fsp3) is 0.360. The van der Waals surface area contributed by atoms with Crippen LogP contribution in [0.25, 0.3) is 11.4 Å². The predicted octanol–water partition coefficient (Wildman–Crippen LogP) is 4.05. The number of hydrogen-bond donors (Lipinski definition) is 0. The Kier molecular flexibility index (Phi) is 7.29. The Hall–Kier alpha value is -3.23. The standard InChI is InChI=1S/C25H27ClN4O4/c1-16(25-27-24(28-34-25)18-4-7-21(26)8-5-18)29-10-12-30(13-11-29)23(32)15-20-14-19(17(2)31)6-9-22(20)33-3/h4-9,14,16H,10-13,15H2,1-3H3/t16-/m1/s1. The van der Waals surface area contributed by atoms with Crippen molar-refractivity contribution in [2.45, 2.75) is 26.3 Å². The van der Waals surface area contributed by atoms with E-state index >= 15 is 0 Å². The van der Waals surface area contributed by atoms with Crippen molar-refractivity contribution < 1.29 is 18.8 Å². The normalized spacial score (nSPS) is 15.2. The number of carbonyl (C=O) groups is 2. The number of rotatable bonds is 7. The molecule has 2 heterocycles. The molecule has 8 nitrogen and oxygen atoms in total. The van der Waals surface area contributed by atoms with Gasteiger partial charge in [-0.05, 0) is 56.3 Å². The maximum Gasteiger partial charge on any atom is 0.244 e. The lowest BCUT2D eigenvalue weighted by molar-refractivity contribution is -0.132. The van der Waals surface area contributed by atoms with Gasteiger partial charge in [0.2, 0.25) is 17.6 Å². The molecular formula is C25H27ClN4O4. The first-order valence-corrected chi connectivity index (χ1v) is 11.5. The number of ketones is 1. The highest BCUT2D eigenvalue weighted by Gasteiger charge is 2.28. The molecule has 1 fully saturated rings. The lowest BCUT2D eigenvalue weighted by atomic mass is 10.0. The third-order valence-electron chi connectivity index (χ3n) is 6.14. The van der Waals surface area contributed by atoms with Gasteiger partial charge in [0.15, 0.2) is 5.78 Å². The summed E-state index contributed by atoms with van der Waals surface area (Å²) < 4.78 is 10.9. The molecular weight excluding hydrogens is 456 g/mol. The maximum atomic E-state index is 13.0. The first-order chi connectivity index (χ1) is 16.4. The van der Waals surface area contributed by atoms with Gasteiger partial charge in [0.05, 0.1) is 19.6 Å². The van der Waals surface area contributed by atoms with Crippen LogP contribution < -0.4 is 4.74 Å². The van der Waals surface area contributed by atoms with Gasteiger partial charge in [-0.25, -0.2) is 0 Å². The number of halogens is 1. The lowest BCUT2D eigenvalue weighted by Gasteiger charge is -2.37. The Balaban J connectivity index is 1.36. The van der Waals surface area contributed by atoms with Gasteiger partial charge in [0, 0.05) is 47.9 Å². The van der Waals surface area contributed by atoms with Gasteiger partial charge in [-0.3, -0.25) is 14.5 Å². The van der Waals surface area contributed by atoms with Crippen molar-refractivity contribution >= 4 is 23.3 Å². The molecule has 34 heavy (non-hydrogen) atoms. The van der Waals surface area contributed by atoms with Crippen molar-refractivity contribution in [1.29, 1.82) is 0 Å². The zero-order valence-corrected chi connectivity index (χ0v) is 20.2. The predicted molar refractivity (Wildman–Crippen MR) is 128 cm³/mol. The zero-order valence-electron chi connectivity index (χ0n) is 19.5. The quantitative estimate of drug-likeness (QED) is 0.469. The molecule has 9 heteroatoms. The lowest BCUT2D eigenvalue weighted by Crippen LogP contribution is -2.49. The molecule has 0 bridgehead atoms. The Bertz CT molecular complexity index is 1170. The van der Waals surface area contributed by atoms with Gasteiger partial charge >= 0.3 is 0 Å². The largest absolute Gasteiger partial charge is 0.496 e. The number of nitrogens with zero attached hydrogens (tertiary/aromatic N) is 4. The summed E-state index contributed by atoms with van der Waals surface area (Å²) >= 11 is 5.95. The van der Waals surface area contributed by atoms with E-state index in [1.54, 1.807) is 37.4 Å². The van der Waals surface area contributed by atoms with Crippen molar-refractivity contribution in [2.24, 2.45) is 0 Å². The number of methoxy groups -OCH3 is 1. The smallest absolute Gasteiger partial charge is 0.244 e. The summed E-state index contributed by atoms with van der Waals surface area (Å²) in [5.74, 6) is 1.64. The minimum absolute atomic E-state index is 0.00844. The number of Topliss-reactive ketones (excluding diaryl/α,β-unsaturated/α-hetero) is 1. The number of aromatic nitrogens is 2. The summed E-state index contributed by atoms with van der Waals surface area (Å²) in [6.07, 6.45) is 0.188. The number of benzene rings is 2. The number of amides is 1. The third kappa shape index (κ3) is 5.29. The molecule has 1 aromatic heterocycles. The molecule has 4 rings (SSSR count). The van der Waals surface area contributed by atoms with Crippen molar-refractivity contribution in [3.63, 3.8) is 0 Å². The second-order valence-electron chi connectivity index (χ2n) is 8.32. The fourth-order valence-electron chi connectivity index (χ4n) is 4.05. The molecule has 1 atom stereocenters. The van der Waals surface area contributed by atoms with Gasteiger partial charge in [-0.2, -0.15) is 4.98 Å². The van der Waals surface area contributed by atoms with Crippen LogP contribution in [0.4, 0.5) is 0 Å². The number of ether oxygens (including phenoxy) is 1. The summed E-state index contributed by atoms with van der Waals surface area (Å²) in [4.78, 5) is 33.3. The van der Waals surface area contributed by atoms with Crippen LogP contribution >= 0.6 is 11.6 Å². The average molecular weight is 483 g/mol. The molecule has 0 N–H and O–H groups in total. The van der Waals surface area contributed by atoms with E-state index in [1.807, 2.05) is 24.0 Å². The number of hydrogen-bond acceptors (Lipinski definition) is 7. The highest BCUT2D eigenvalue weighted by molar-refractivity contribution is 6.30. The Morgan fingerprint density at radius 2 is 1.82 bits per heavy atom. The molecule has 1 aliphatic heterocycles. The molecule has 178 valence electrons.